The Balaban J connectivity index is 1.81. The molecular formula is C16H21ClN2O3. The molecule has 2 unspecified atom stereocenters. The Morgan fingerprint density at radius 3 is 2.64 bits per heavy atom. The van der Waals surface area contributed by atoms with Crippen molar-refractivity contribution in [2.75, 3.05) is 19.7 Å². The summed E-state index contributed by atoms with van der Waals surface area (Å²) in [5.74, 6) is 0.793. The molecule has 0 spiro atoms. The monoisotopic (exact) mass is 324 g/mol. The number of likely N-dealkylation sites (tertiary alicyclic amines) is 1. The van der Waals surface area contributed by atoms with Gasteiger partial charge < -0.3 is 15.0 Å². The van der Waals surface area contributed by atoms with Gasteiger partial charge >= 0.3 is 0 Å². The molecule has 1 heterocycles. The Morgan fingerprint density at radius 1 is 1.36 bits per heavy atom. The molecule has 22 heavy (non-hydrogen) atoms. The predicted molar refractivity (Wildman–Crippen MR) is 84.9 cm³/mol. The molecule has 0 saturated carbocycles. The minimum absolute atomic E-state index is 0.0131. The number of carbonyl (C=O) groups excluding carboxylic acids is 2. The summed E-state index contributed by atoms with van der Waals surface area (Å²) in [6, 6.07) is 7.06. The number of nitrogens with zero attached hydrogens (tertiary/aromatic N) is 1. The third-order valence-corrected chi connectivity index (χ3v) is 4.07. The second-order valence-electron chi connectivity index (χ2n) is 5.66. The first-order valence-electron chi connectivity index (χ1n) is 7.39. The van der Waals surface area contributed by atoms with E-state index in [1.807, 2.05) is 6.92 Å². The third kappa shape index (κ3) is 4.63. The van der Waals surface area contributed by atoms with Gasteiger partial charge in [-0.1, -0.05) is 18.5 Å². The van der Waals surface area contributed by atoms with Gasteiger partial charge in [0.1, 0.15) is 5.75 Å². The number of carbonyl (C=O) groups is 2. The highest BCUT2D eigenvalue weighted by Gasteiger charge is 2.29. The van der Waals surface area contributed by atoms with Crippen molar-refractivity contribution in [3.05, 3.63) is 29.3 Å². The molecule has 1 aliphatic rings. The lowest BCUT2D eigenvalue weighted by Crippen LogP contribution is -2.52. The molecule has 1 aliphatic heterocycles. The van der Waals surface area contributed by atoms with E-state index >= 15 is 0 Å². The zero-order chi connectivity index (χ0) is 16.1. The molecule has 0 aromatic heterocycles. The van der Waals surface area contributed by atoms with E-state index in [4.69, 9.17) is 16.3 Å². The smallest absolute Gasteiger partial charge is 0.260 e. The van der Waals surface area contributed by atoms with E-state index in [0.717, 1.165) is 6.42 Å². The van der Waals surface area contributed by atoms with E-state index in [0.29, 0.717) is 23.9 Å². The maximum absolute atomic E-state index is 12.2. The maximum Gasteiger partial charge on any atom is 0.260 e. The van der Waals surface area contributed by atoms with Gasteiger partial charge in [-0.05, 0) is 36.6 Å². The first-order valence-corrected chi connectivity index (χ1v) is 7.76. The molecule has 0 bridgehead atoms. The normalized spacial score (nSPS) is 21.3. The number of benzene rings is 1. The van der Waals surface area contributed by atoms with Crippen LogP contribution in [-0.2, 0) is 9.59 Å². The van der Waals surface area contributed by atoms with Crippen LogP contribution in [0.1, 0.15) is 20.3 Å². The molecule has 1 aromatic rings. The van der Waals surface area contributed by atoms with Crippen LogP contribution < -0.4 is 10.1 Å². The average molecular weight is 325 g/mol. The van der Waals surface area contributed by atoms with Crippen molar-refractivity contribution in [3.8, 4) is 5.75 Å². The first kappa shape index (κ1) is 16.6. The molecule has 1 N–H and O–H groups in total. The SMILES string of the molecule is CC(=O)NC1CCN(C(=O)COc2ccc(Cl)cc2)CC1C. The van der Waals surface area contributed by atoms with E-state index < -0.39 is 0 Å². The molecule has 2 rings (SSSR count). The van der Waals surface area contributed by atoms with Crippen LogP contribution in [-0.4, -0.2) is 42.5 Å². The van der Waals surface area contributed by atoms with Crippen molar-refractivity contribution >= 4 is 23.4 Å². The lowest BCUT2D eigenvalue weighted by atomic mass is 9.94. The Hall–Kier alpha value is -1.75. The van der Waals surface area contributed by atoms with Crippen molar-refractivity contribution < 1.29 is 14.3 Å². The number of amides is 2. The second kappa shape index (κ2) is 7.49. The molecule has 120 valence electrons. The number of nitrogens with one attached hydrogen (secondary N) is 1. The largest absolute Gasteiger partial charge is 0.484 e. The van der Waals surface area contributed by atoms with Crippen LogP contribution in [0.2, 0.25) is 5.02 Å². The van der Waals surface area contributed by atoms with Gasteiger partial charge in [0.05, 0.1) is 0 Å². The van der Waals surface area contributed by atoms with Gasteiger partial charge in [0.15, 0.2) is 6.61 Å². The van der Waals surface area contributed by atoms with Crippen molar-refractivity contribution in [2.45, 2.75) is 26.3 Å². The van der Waals surface area contributed by atoms with Gasteiger partial charge in [0.2, 0.25) is 5.91 Å². The topological polar surface area (TPSA) is 58.6 Å². The molecule has 1 fully saturated rings. The minimum Gasteiger partial charge on any atom is -0.484 e. The molecule has 2 atom stereocenters. The Kier molecular flexibility index (Phi) is 5.66. The lowest BCUT2D eigenvalue weighted by Gasteiger charge is -2.37. The minimum atomic E-state index is -0.0388. The van der Waals surface area contributed by atoms with Crippen LogP contribution in [0.3, 0.4) is 0 Å². The van der Waals surface area contributed by atoms with Gasteiger partial charge in [-0.2, -0.15) is 0 Å². The van der Waals surface area contributed by atoms with Crippen LogP contribution in [0.15, 0.2) is 24.3 Å². The molecule has 1 aromatic carbocycles. The van der Waals surface area contributed by atoms with E-state index in [1.54, 1.807) is 29.2 Å². The predicted octanol–water partition coefficient (Wildman–Crippen LogP) is 2.09. The summed E-state index contributed by atoms with van der Waals surface area (Å²) in [5, 5.41) is 3.57. The van der Waals surface area contributed by atoms with Crippen LogP contribution in [0, 0.1) is 5.92 Å². The molecular weight excluding hydrogens is 304 g/mol. The molecule has 5 nitrogen and oxygen atoms in total. The van der Waals surface area contributed by atoms with Crippen molar-refractivity contribution in [1.29, 1.82) is 0 Å². The van der Waals surface area contributed by atoms with E-state index in [1.165, 1.54) is 6.92 Å². The van der Waals surface area contributed by atoms with E-state index in [2.05, 4.69) is 5.32 Å². The molecule has 0 aliphatic carbocycles. The lowest BCUT2D eigenvalue weighted by molar-refractivity contribution is -0.135. The Labute approximate surface area is 135 Å². The standard InChI is InChI=1S/C16H21ClN2O3/c1-11-9-19(8-7-15(11)18-12(2)20)16(21)10-22-14-5-3-13(17)4-6-14/h3-6,11,15H,7-10H2,1-2H3,(H,18,20). The third-order valence-electron chi connectivity index (χ3n) is 3.82. The van der Waals surface area contributed by atoms with E-state index in [9.17, 15) is 9.59 Å². The average Bonchev–Trinajstić information content (AvgIpc) is 2.48. The summed E-state index contributed by atoms with van der Waals surface area (Å²) >= 11 is 5.80. The number of hydrogen-bond donors (Lipinski definition) is 1. The molecule has 1 saturated heterocycles. The highest BCUT2D eigenvalue weighted by molar-refractivity contribution is 6.30. The van der Waals surface area contributed by atoms with Gasteiger partial charge in [-0.25, -0.2) is 0 Å². The number of piperidine rings is 1. The molecule has 0 radical (unpaired) electrons. The van der Waals surface area contributed by atoms with E-state index in [-0.39, 0.29) is 30.4 Å². The Morgan fingerprint density at radius 2 is 2.05 bits per heavy atom. The van der Waals surface area contributed by atoms with Gasteiger partial charge in [-0.15, -0.1) is 0 Å². The number of ether oxygens (including phenoxy) is 1. The van der Waals surface area contributed by atoms with Gasteiger partial charge in [0.25, 0.3) is 5.91 Å². The van der Waals surface area contributed by atoms with Crippen molar-refractivity contribution in [3.63, 3.8) is 0 Å². The fraction of sp³-hybridized carbons (Fsp3) is 0.500. The maximum atomic E-state index is 12.2. The Bertz CT molecular complexity index is 533. The summed E-state index contributed by atoms with van der Waals surface area (Å²) in [4.78, 5) is 25.1. The van der Waals surface area contributed by atoms with Crippen molar-refractivity contribution in [1.82, 2.24) is 10.2 Å². The second-order valence-corrected chi connectivity index (χ2v) is 6.09. The van der Waals surface area contributed by atoms with Crippen molar-refractivity contribution in [2.24, 2.45) is 5.92 Å². The number of rotatable bonds is 4. The fourth-order valence-corrected chi connectivity index (χ4v) is 2.74. The zero-order valence-electron chi connectivity index (χ0n) is 12.8. The van der Waals surface area contributed by atoms with Gasteiger partial charge in [0, 0.05) is 31.1 Å². The molecule has 2 amide bonds. The summed E-state index contributed by atoms with van der Waals surface area (Å²) in [6.45, 7) is 4.84. The number of hydrogen-bond acceptors (Lipinski definition) is 3. The van der Waals surface area contributed by atoms with Crippen LogP contribution in [0.5, 0.6) is 5.75 Å². The first-order chi connectivity index (χ1) is 10.5. The number of halogens is 1. The highest BCUT2D eigenvalue weighted by atomic mass is 35.5. The van der Waals surface area contributed by atoms with Crippen LogP contribution in [0.25, 0.3) is 0 Å². The summed E-state index contributed by atoms with van der Waals surface area (Å²) in [7, 11) is 0. The zero-order valence-corrected chi connectivity index (χ0v) is 13.6. The molecule has 6 heteroatoms. The van der Waals surface area contributed by atoms with Gasteiger partial charge in [-0.3, -0.25) is 9.59 Å². The summed E-state index contributed by atoms with van der Waals surface area (Å²) in [5.41, 5.74) is 0. The summed E-state index contributed by atoms with van der Waals surface area (Å²) in [6.07, 6.45) is 0.771. The fourth-order valence-electron chi connectivity index (χ4n) is 2.61. The summed E-state index contributed by atoms with van der Waals surface area (Å²) < 4.78 is 5.48. The van der Waals surface area contributed by atoms with Crippen LogP contribution in [0.4, 0.5) is 0 Å². The highest BCUT2D eigenvalue weighted by Crippen LogP contribution is 2.18. The van der Waals surface area contributed by atoms with Crippen LogP contribution >= 0.6 is 11.6 Å². The quantitative estimate of drug-likeness (QED) is 0.922.